The summed E-state index contributed by atoms with van der Waals surface area (Å²) in [5.74, 6) is -0.844. The number of anilines is 3. The summed E-state index contributed by atoms with van der Waals surface area (Å²) >= 11 is 0. The number of hydrogen-bond donors (Lipinski definition) is 1. The van der Waals surface area contributed by atoms with Gasteiger partial charge in [0.25, 0.3) is 0 Å². The fraction of sp³-hybridized carbons (Fsp3) is 0.381. The van der Waals surface area contributed by atoms with Gasteiger partial charge in [0, 0.05) is 37.4 Å². The van der Waals surface area contributed by atoms with E-state index in [2.05, 4.69) is 10.2 Å². The van der Waals surface area contributed by atoms with Crippen LogP contribution in [-0.4, -0.2) is 53.4 Å². The monoisotopic (exact) mass is 435 g/mol. The number of ether oxygens (including phenoxy) is 1. The van der Waals surface area contributed by atoms with Crippen LogP contribution in [0.15, 0.2) is 48.5 Å². The molecule has 9 heteroatoms. The van der Waals surface area contributed by atoms with Gasteiger partial charge in [-0.3, -0.25) is 9.10 Å². The number of rotatable bonds is 8. The van der Waals surface area contributed by atoms with Gasteiger partial charge in [0.15, 0.2) is 0 Å². The van der Waals surface area contributed by atoms with E-state index in [1.807, 2.05) is 24.3 Å². The molecule has 2 aromatic rings. The number of halogens is 1. The maximum Gasteiger partial charge on any atom is 0.232 e. The topological polar surface area (TPSA) is 79.0 Å². The normalized spacial score (nSPS) is 14.4. The molecule has 0 radical (unpaired) electrons. The molecule has 1 N–H and O–H groups in total. The summed E-state index contributed by atoms with van der Waals surface area (Å²) in [5, 5.41) is 2.81. The van der Waals surface area contributed by atoms with Crippen LogP contribution in [0.3, 0.4) is 0 Å². The van der Waals surface area contributed by atoms with Crippen LogP contribution in [0.2, 0.25) is 0 Å². The zero-order chi connectivity index (χ0) is 21.6. The maximum atomic E-state index is 14.0. The molecule has 0 aliphatic carbocycles. The first kappa shape index (κ1) is 22.0. The predicted molar refractivity (Wildman–Crippen MR) is 116 cm³/mol. The fourth-order valence-electron chi connectivity index (χ4n) is 3.30. The Kier molecular flexibility index (Phi) is 7.28. The third-order valence-electron chi connectivity index (χ3n) is 4.81. The van der Waals surface area contributed by atoms with Crippen LogP contribution in [0.25, 0.3) is 0 Å². The highest BCUT2D eigenvalue weighted by Crippen LogP contribution is 2.22. The molecule has 1 amide bonds. The minimum absolute atomic E-state index is 0.0147. The summed E-state index contributed by atoms with van der Waals surface area (Å²) in [6.45, 7) is 3.10. The largest absolute Gasteiger partial charge is 0.378 e. The lowest BCUT2D eigenvalue weighted by Crippen LogP contribution is -2.36. The molecule has 2 aromatic carbocycles. The van der Waals surface area contributed by atoms with Gasteiger partial charge < -0.3 is 15.0 Å². The van der Waals surface area contributed by atoms with E-state index in [4.69, 9.17) is 4.74 Å². The number of carbonyl (C=O) groups is 1. The lowest BCUT2D eigenvalue weighted by Gasteiger charge is -2.28. The molecule has 0 spiro atoms. The molecule has 162 valence electrons. The second kappa shape index (κ2) is 9.90. The summed E-state index contributed by atoms with van der Waals surface area (Å²) in [6.07, 6.45) is 1.40. The average Bonchev–Trinajstić information content (AvgIpc) is 2.72. The van der Waals surface area contributed by atoms with E-state index >= 15 is 0 Å². The van der Waals surface area contributed by atoms with Crippen LogP contribution >= 0.6 is 0 Å². The van der Waals surface area contributed by atoms with Gasteiger partial charge in [0.05, 0.1) is 25.2 Å². The summed E-state index contributed by atoms with van der Waals surface area (Å²) in [4.78, 5) is 14.5. The van der Waals surface area contributed by atoms with Gasteiger partial charge in [-0.2, -0.15) is 0 Å². The van der Waals surface area contributed by atoms with Crippen LogP contribution in [0.4, 0.5) is 21.5 Å². The van der Waals surface area contributed by atoms with E-state index in [9.17, 15) is 17.6 Å². The highest BCUT2D eigenvalue weighted by Gasteiger charge is 2.20. The van der Waals surface area contributed by atoms with Gasteiger partial charge in [0.2, 0.25) is 15.9 Å². The Bertz CT molecular complexity index is 960. The van der Waals surface area contributed by atoms with Crippen LogP contribution in [0.5, 0.6) is 0 Å². The SMILES string of the molecule is CS(=O)(=O)N(CCCC(=O)Nc1ccc(N2CCOCC2)cc1)c1ccccc1F. The Labute approximate surface area is 176 Å². The number of carbonyl (C=O) groups excluding carboxylic acids is 1. The number of amides is 1. The molecule has 0 unspecified atom stereocenters. The lowest BCUT2D eigenvalue weighted by molar-refractivity contribution is -0.116. The van der Waals surface area contributed by atoms with E-state index in [-0.39, 0.29) is 31.0 Å². The van der Waals surface area contributed by atoms with Crippen LogP contribution in [0, 0.1) is 5.82 Å². The van der Waals surface area contributed by atoms with Gasteiger partial charge in [0.1, 0.15) is 5.82 Å². The van der Waals surface area contributed by atoms with Crippen molar-refractivity contribution in [2.45, 2.75) is 12.8 Å². The van der Waals surface area contributed by atoms with E-state index in [0.717, 1.165) is 29.3 Å². The first-order valence-electron chi connectivity index (χ1n) is 9.79. The number of nitrogens with zero attached hydrogens (tertiary/aromatic N) is 2. The molecule has 1 aliphatic heterocycles. The van der Waals surface area contributed by atoms with Gasteiger partial charge in [-0.05, 0) is 42.8 Å². The van der Waals surface area contributed by atoms with E-state index < -0.39 is 15.8 Å². The van der Waals surface area contributed by atoms with Crippen molar-refractivity contribution in [3.63, 3.8) is 0 Å². The Morgan fingerprint density at radius 2 is 1.80 bits per heavy atom. The Balaban J connectivity index is 1.53. The molecular weight excluding hydrogens is 409 g/mol. The van der Waals surface area contributed by atoms with Crippen molar-refractivity contribution in [1.29, 1.82) is 0 Å². The molecule has 0 atom stereocenters. The number of para-hydroxylation sites is 1. The third-order valence-corrected chi connectivity index (χ3v) is 5.99. The molecule has 30 heavy (non-hydrogen) atoms. The summed E-state index contributed by atoms with van der Waals surface area (Å²) in [5.41, 5.74) is 1.73. The van der Waals surface area contributed by atoms with E-state index in [1.165, 1.54) is 18.2 Å². The quantitative estimate of drug-likeness (QED) is 0.690. The van der Waals surface area contributed by atoms with Crippen LogP contribution in [0.1, 0.15) is 12.8 Å². The predicted octanol–water partition coefficient (Wildman–Crippen LogP) is 2.85. The van der Waals surface area contributed by atoms with Crippen molar-refractivity contribution >= 4 is 33.0 Å². The third kappa shape index (κ3) is 5.93. The second-order valence-electron chi connectivity index (χ2n) is 7.08. The van der Waals surface area contributed by atoms with Crippen molar-refractivity contribution in [2.24, 2.45) is 0 Å². The molecule has 3 rings (SSSR count). The molecule has 7 nitrogen and oxygen atoms in total. The van der Waals surface area contributed by atoms with Gasteiger partial charge >= 0.3 is 0 Å². The molecule has 1 fully saturated rings. The van der Waals surface area contributed by atoms with Gasteiger partial charge in [-0.1, -0.05) is 12.1 Å². The van der Waals surface area contributed by atoms with Gasteiger partial charge in [-0.15, -0.1) is 0 Å². The fourth-order valence-corrected chi connectivity index (χ4v) is 4.27. The number of nitrogens with one attached hydrogen (secondary N) is 1. The highest BCUT2D eigenvalue weighted by atomic mass is 32.2. The van der Waals surface area contributed by atoms with Crippen molar-refractivity contribution in [2.75, 3.05) is 53.6 Å². The van der Waals surface area contributed by atoms with Crippen molar-refractivity contribution in [3.8, 4) is 0 Å². The van der Waals surface area contributed by atoms with E-state index in [1.54, 1.807) is 6.07 Å². The summed E-state index contributed by atoms with van der Waals surface area (Å²) in [6, 6.07) is 13.3. The number of sulfonamides is 1. The minimum atomic E-state index is -3.66. The summed E-state index contributed by atoms with van der Waals surface area (Å²) < 4.78 is 44.5. The standard InChI is InChI=1S/C21H26FN3O4S/c1-30(27,28)25(20-6-3-2-5-19(20)22)12-4-7-21(26)23-17-8-10-18(11-9-17)24-13-15-29-16-14-24/h2-3,5-6,8-11H,4,7,12-16H2,1H3,(H,23,26). The molecule has 0 bridgehead atoms. The first-order chi connectivity index (χ1) is 14.3. The number of hydrogen-bond acceptors (Lipinski definition) is 5. The number of benzene rings is 2. The number of morpholine rings is 1. The average molecular weight is 436 g/mol. The molecule has 1 heterocycles. The molecule has 0 saturated carbocycles. The van der Waals surface area contributed by atoms with Crippen LogP contribution in [-0.2, 0) is 19.6 Å². The minimum Gasteiger partial charge on any atom is -0.378 e. The molecule has 0 aromatic heterocycles. The lowest BCUT2D eigenvalue weighted by atomic mass is 10.2. The maximum absolute atomic E-state index is 14.0. The molecular formula is C21H26FN3O4S. The first-order valence-corrected chi connectivity index (χ1v) is 11.6. The van der Waals surface area contributed by atoms with Crippen molar-refractivity contribution in [1.82, 2.24) is 0 Å². The Hall–Kier alpha value is -2.65. The zero-order valence-corrected chi connectivity index (χ0v) is 17.7. The van der Waals surface area contributed by atoms with Crippen molar-refractivity contribution < 1.29 is 22.3 Å². The smallest absolute Gasteiger partial charge is 0.232 e. The second-order valence-corrected chi connectivity index (χ2v) is 8.99. The van der Waals surface area contributed by atoms with Crippen molar-refractivity contribution in [3.05, 3.63) is 54.3 Å². The van der Waals surface area contributed by atoms with Crippen LogP contribution < -0.4 is 14.5 Å². The Morgan fingerprint density at radius 1 is 1.13 bits per heavy atom. The van der Waals surface area contributed by atoms with E-state index in [0.29, 0.717) is 18.9 Å². The molecule has 1 aliphatic rings. The Morgan fingerprint density at radius 3 is 2.43 bits per heavy atom. The van der Waals surface area contributed by atoms with Gasteiger partial charge in [-0.25, -0.2) is 12.8 Å². The summed E-state index contributed by atoms with van der Waals surface area (Å²) in [7, 11) is -3.66. The zero-order valence-electron chi connectivity index (χ0n) is 16.9. The highest BCUT2D eigenvalue weighted by molar-refractivity contribution is 7.92. The molecule has 1 saturated heterocycles.